The van der Waals surface area contributed by atoms with E-state index in [0.717, 1.165) is 16.2 Å². The smallest absolute Gasteiger partial charge is 0.325 e. The van der Waals surface area contributed by atoms with Gasteiger partial charge in [0.1, 0.15) is 22.9 Å². The second kappa shape index (κ2) is 7.79. The second-order valence-electron chi connectivity index (χ2n) is 9.54. The number of rotatable bonds is 2. The van der Waals surface area contributed by atoms with Crippen LogP contribution in [0, 0.1) is 0 Å². The minimum absolute atomic E-state index is 0.0527. The highest BCUT2D eigenvalue weighted by Crippen LogP contribution is 2.35. The molecule has 2 fully saturated rings. The number of amides is 5. The zero-order valence-corrected chi connectivity index (χ0v) is 19.0. The first-order chi connectivity index (χ1) is 15.0. The number of nitrogens with one attached hydrogen (secondary N) is 1. The van der Waals surface area contributed by atoms with Crippen LogP contribution in [-0.2, 0) is 20.9 Å². The van der Waals surface area contributed by atoms with E-state index in [1.165, 1.54) is 6.92 Å². The van der Waals surface area contributed by atoms with Gasteiger partial charge >= 0.3 is 6.03 Å². The summed E-state index contributed by atoms with van der Waals surface area (Å²) in [6.45, 7) is 7.95. The van der Waals surface area contributed by atoms with Crippen LogP contribution in [0.2, 0.25) is 0 Å². The molecule has 172 valence electrons. The molecule has 9 nitrogen and oxygen atoms in total. The van der Waals surface area contributed by atoms with Crippen molar-refractivity contribution in [3.05, 3.63) is 29.8 Å². The van der Waals surface area contributed by atoms with Gasteiger partial charge in [-0.05, 0) is 39.7 Å². The summed E-state index contributed by atoms with van der Waals surface area (Å²) >= 11 is 0. The highest BCUT2D eigenvalue weighted by atomic mass is 16.5. The molecule has 2 saturated heterocycles. The fraction of sp³-hybridized carbons (Fsp3) is 0.565. The van der Waals surface area contributed by atoms with E-state index in [1.54, 1.807) is 30.6 Å². The molecular weight excluding hydrogens is 412 g/mol. The summed E-state index contributed by atoms with van der Waals surface area (Å²) in [5, 5.41) is 2.62. The monoisotopic (exact) mass is 442 g/mol. The van der Waals surface area contributed by atoms with Crippen molar-refractivity contribution in [2.75, 3.05) is 19.6 Å². The lowest BCUT2D eigenvalue weighted by atomic mass is 9.91. The number of carbonyl (C=O) groups excluding carboxylic acids is 4. The molecule has 4 rings (SSSR count). The van der Waals surface area contributed by atoms with Gasteiger partial charge in [0.25, 0.3) is 5.91 Å². The topological polar surface area (TPSA) is 99.3 Å². The second-order valence-corrected chi connectivity index (χ2v) is 9.54. The molecule has 0 saturated carbocycles. The Bertz CT molecular complexity index is 977. The molecular formula is C23H30N4O5. The Balaban J connectivity index is 1.58. The number of fused-ring (bicyclic) bond motifs is 1. The standard InChI is InChI=1S/C23H30N4O5/c1-15(27-20(30)22(3,4)24-21(27)31)19(29)25-11-7-10-23(13-25)14-26(16(2)28)12-17-8-5-6-9-18(17)32-23/h5-6,8-9,15H,7,10-14H2,1-4H3,(H,24,31). The number of carbonyl (C=O) groups is 4. The number of piperidine rings is 1. The predicted molar refractivity (Wildman–Crippen MR) is 116 cm³/mol. The van der Waals surface area contributed by atoms with E-state index in [0.29, 0.717) is 32.5 Å². The maximum Gasteiger partial charge on any atom is 0.325 e. The van der Waals surface area contributed by atoms with E-state index in [9.17, 15) is 19.2 Å². The van der Waals surface area contributed by atoms with Gasteiger partial charge in [-0.2, -0.15) is 0 Å². The van der Waals surface area contributed by atoms with Crippen LogP contribution in [0.15, 0.2) is 24.3 Å². The van der Waals surface area contributed by atoms with E-state index in [2.05, 4.69) is 5.32 Å². The van der Waals surface area contributed by atoms with Crippen LogP contribution >= 0.6 is 0 Å². The summed E-state index contributed by atoms with van der Waals surface area (Å²) in [5.41, 5.74) is -0.856. The Labute approximate surface area is 187 Å². The number of benzene rings is 1. The fourth-order valence-electron chi connectivity index (χ4n) is 4.83. The van der Waals surface area contributed by atoms with Crippen molar-refractivity contribution in [2.24, 2.45) is 0 Å². The third kappa shape index (κ3) is 3.80. The lowest BCUT2D eigenvalue weighted by Crippen LogP contribution is -2.61. The Morgan fingerprint density at radius 2 is 1.81 bits per heavy atom. The fourth-order valence-corrected chi connectivity index (χ4v) is 4.83. The molecule has 2 atom stereocenters. The van der Waals surface area contributed by atoms with Crippen molar-refractivity contribution < 1.29 is 23.9 Å². The number of nitrogens with zero attached hydrogens (tertiary/aromatic N) is 3. The Kier molecular flexibility index (Phi) is 5.38. The summed E-state index contributed by atoms with van der Waals surface area (Å²) in [4.78, 5) is 55.2. The number of para-hydroxylation sites is 1. The molecule has 1 spiro atoms. The van der Waals surface area contributed by atoms with Crippen LogP contribution in [0.1, 0.15) is 46.1 Å². The quantitative estimate of drug-likeness (QED) is 0.700. The molecule has 0 aromatic heterocycles. The minimum Gasteiger partial charge on any atom is -0.483 e. The number of hydrogen-bond donors (Lipinski definition) is 1. The lowest BCUT2D eigenvalue weighted by molar-refractivity contribution is -0.147. The first-order valence-electron chi connectivity index (χ1n) is 11.0. The van der Waals surface area contributed by atoms with E-state index in [-0.39, 0.29) is 18.4 Å². The van der Waals surface area contributed by atoms with Gasteiger partial charge < -0.3 is 19.9 Å². The van der Waals surface area contributed by atoms with Crippen molar-refractivity contribution in [3.63, 3.8) is 0 Å². The zero-order chi connectivity index (χ0) is 23.3. The molecule has 0 bridgehead atoms. The summed E-state index contributed by atoms with van der Waals surface area (Å²) in [7, 11) is 0. The van der Waals surface area contributed by atoms with Crippen molar-refractivity contribution >= 4 is 23.8 Å². The third-order valence-electron chi connectivity index (χ3n) is 6.57. The largest absolute Gasteiger partial charge is 0.483 e. The summed E-state index contributed by atoms with van der Waals surface area (Å²) in [5.74, 6) is -0.0595. The van der Waals surface area contributed by atoms with Gasteiger partial charge in [0.2, 0.25) is 11.8 Å². The maximum absolute atomic E-state index is 13.4. The zero-order valence-electron chi connectivity index (χ0n) is 19.0. The molecule has 5 amide bonds. The predicted octanol–water partition coefficient (Wildman–Crippen LogP) is 1.51. The van der Waals surface area contributed by atoms with Gasteiger partial charge in [0, 0.05) is 25.6 Å². The number of hydrogen-bond acceptors (Lipinski definition) is 5. The molecule has 1 N–H and O–H groups in total. The molecule has 3 aliphatic rings. The van der Waals surface area contributed by atoms with Gasteiger partial charge in [0.05, 0.1) is 13.1 Å². The van der Waals surface area contributed by atoms with Gasteiger partial charge in [-0.1, -0.05) is 18.2 Å². The summed E-state index contributed by atoms with van der Waals surface area (Å²) in [6.07, 6.45) is 1.39. The van der Waals surface area contributed by atoms with Crippen LogP contribution < -0.4 is 10.1 Å². The highest BCUT2D eigenvalue weighted by Gasteiger charge is 2.50. The van der Waals surface area contributed by atoms with Gasteiger partial charge in [0.15, 0.2) is 0 Å². The number of imide groups is 1. The lowest BCUT2D eigenvalue weighted by Gasteiger charge is -2.44. The molecule has 0 radical (unpaired) electrons. The van der Waals surface area contributed by atoms with E-state index < -0.39 is 29.1 Å². The van der Waals surface area contributed by atoms with Gasteiger partial charge in [-0.15, -0.1) is 0 Å². The average molecular weight is 443 g/mol. The number of urea groups is 1. The first kappa shape index (κ1) is 22.1. The minimum atomic E-state index is -1.04. The Morgan fingerprint density at radius 3 is 2.47 bits per heavy atom. The van der Waals surface area contributed by atoms with Crippen molar-refractivity contribution in [3.8, 4) is 5.75 Å². The van der Waals surface area contributed by atoms with Crippen LogP contribution in [0.4, 0.5) is 4.79 Å². The molecule has 32 heavy (non-hydrogen) atoms. The van der Waals surface area contributed by atoms with Crippen LogP contribution in [0.25, 0.3) is 0 Å². The average Bonchev–Trinajstić information content (AvgIpc) is 2.86. The third-order valence-corrected chi connectivity index (χ3v) is 6.57. The summed E-state index contributed by atoms with van der Waals surface area (Å²) in [6, 6.07) is 6.15. The molecule has 1 aromatic carbocycles. The Hall–Kier alpha value is -3.10. The normalized spacial score (nSPS) is 25.7. The van der Waals surface area contributed by atoms with Crippen LogP contribution in [0.5, 0.6) is 5.75 Å². The molecule has 3 aliphatic heterocycles. The highest BCUT2D eigenvalue weighted by molar-refractivity contribution is 6.09. The van der Waals surface area contributed by atoms with Gasteiger partial charge in [-0.3, -0.25) is 14.4 Å². The summed E-state index contributed by atoms with van der Waals surface area (Å²) < 4.78 is 6.48. The Morgan fingerprint density at radius 1 is 1.12 bits per heavy atom. The number of likely N-dealkylation sites (tertiary alicyclic amines) is 1. The van der Waals surface area contributed by atoms with Gasteiger partial charge in [-0.25, -0.2) is 9.69 Å². The molecule has 0 aliphatic carbocycles. The maximum atomic E-state index is 13.4. The molecule has 1 aromatic rings. The number of ether oxygens (including phenoxy) is 1. The van der Waals surface area contributed by atoms with E-state index in [4.69, 9.17) is 4.74 Å². The first-order valence-corrected chi connectivity index (χ1v) is 11.0. The van der Waals surface area contributed by atoms with Crippen molar-refractivity contribution in [2.45, 2.75) is 64.3 Å². The van der Waals surface area contributed by atoms with Crippen LogP contribution in [0.3, 0.4) is 0 Å². The molecule has 9 heteroatoms. The van der Waals surface area contributed by atoms with Crippen molar-refractivity contribution in [1.82, 2.24) is 20.0 Å². The molecule has 3 heterocycles. The molecule has 2 unspecified atom stereocenters. The van der Waals surface area contributed by atoms with Crippen LogP contribution in [-0.4, -0.2) is 75.3 Å². The SMILES string of the molecule is CC(=O)N1Cc2ccccc2OC2(CCCN(C(=O)C(C)N3C(=O)NC(C)(C)C3=O)C2)C1. The van der Waals surface area contributed by atoms with E-state index in [1.807, 2.05) is 24.3 Å². The van der Waals surface area contributed by atoms with Crippen molar-refractivity contribution in [1.29, 1.82) is 0 Å². The van der Waals surface area contributed by atoms with E-state index >= 15 is 0 Å².